The molecule has 1 aliphatic rings. The number of rotatable bonds is 7. The highest BCUT2D eigenvalue weighted by molar-refractivity contribution is 6.17. The van der Waals surface area contributed by atoms with E-state index in [0.29, 0.717) is 36.7 Å². The van der Waals surface area contributed by atoms with Crippen LogP contribution in [-0.4, -0.2) is 32.2 Å². The first kappa shape index (κ1) is 16.9. The molecule has 4 nitrogen and oxygen atoms in total. The summed E-state index contributed by atoms with van der Waals surface area (Å²) in [6.07, 6.45) is 5.30. The first-order valence-corrected chi connectivity index (χ1v) is 7.29. The summed E-state index contributed by atoms with van der Waals surface area (Å²) in [5, 5.41) is 0. The van der Waals surface area contributed by atoms with Crippen molar-refractivity contribution in [2.75, 3.05) is 20.1 Å². The Morgan fingerprint density at radius 3 is 2.25 bits per heavy atom. The summed E-state index contributed by atoms with van der Waals surface area (Å²) >= 11 is 5.78. The van der Waals surface area contributed by atoms with E-state index >= 15 is 0 Å². The summed E-state index contributed by atoms with van der Waals surface area (Å²) in [7, 11) is 3.18. The topological polar surface area (TPSA) is 44.8 Å². The molecule has 0 heterocycles. The number of esters is 1. The molecular weight excluding hydrogens is 280 g/mol. The van der Waals surface area contributed by atoms with Crippen LogP contribution in [0.2, 0.25) is 0 Å². The molecule has 0 atom stereocenters. The number of hydrogen-bond acceptors (Lipinski definition) is 4. The summed E-state index contributed by atoms with van der Waals surface area (Å²) < 4.78 is 16.0. The van der Waals surface area contributed by atoms with Crippen LogP contribution in [0.3, 0.4) is 0 Å². The fourth-order valence-electron chi connectivity index (χ4n) is 2.20. The summed E-state index contributed by atoms with van der Waals surface area (Å²) in [5.41, 5.74) is -0.853. The smallest absolute Gasteiger partial charge is 0.320 e. The molecule has 0 radical (unpaired) electrons. The SMILES string of the molecule is COC1=CC(CCCCl)(C(=O)OC(C)C)C=C(OC)C1. The maximum Gasteiger partial charge on any atom is 0.320 e. The molecular formula is C15H23ClO4. The molecule has 0 bridgehead atoms. The zero-order valence-electron chi connectivity index (χ0n) is 12.6. The van der Waals surface area contributed by atoms with E-state index in [0.717, 1.165) is 0 Å². The molecule has 0 aromatic rings. The Morgan fingerprint density at radius 1 is 1.30 bits per heavy atom. The minimum Gasteiger partial charge on any atom is -0.501 e. The van der Waals surface area contributed by atoms with Gasteiger partial charge in [0, 0.05) is 5.88 Å². The van der Waals surface area contributed by atoms with Gasteiger partial charge >= 0.3 is 5.97 Å². The number of ether oxygens (including phenoxy) is 3. The number of carbonyl (C=O) groups excluding carboxylic acids is 1. The van der Waals surface area contributed by atoms with Crippen LogP contribution < -0.4 is 0 Å². The highest BCUT2D eigenvalue weighted by atomic mass is 35.5. The van der Waals surface area contributed by atoms with E-state index in [1.54, 1.807) is 14.2 Å². The lowest BCUT2D eigenvalue weighted by atomic mass is 9.79. The number of halogens is 1. The molecule has 114 valence electrons. The van der Waals surface area contributed by atoms with Crippen molar-refractivity contribution in [3.05, 3.63) is 23.7 Å². The molecule has 5 heteroatoms. The molecule has 0 amide bonds. The van der Waals surface area contributed by atoms with Crippen LogP contribution in [0.5, 0.6) is 0 Å². The van der Waals surface area contributed by atoms with Crippen molar-refractivity contribution in [1.82, 2.24) is 0 Å². The molecule has 0 unspecified atom stereocenters. The van der Waals surface area contributed by atoms with E-state index in [1.165, 1.54) is 0 Å². The fraction of sp³-hybridized carbons (Fsp3) is 0.667. The van der Waals surface area contributed by atoms with E-state index in [-0.39, 0.29) is 12.1 Å². The minimum absolute atomic E-state index is 0.170. The third-order valence-electron chi connectivity index (χ3n) is 3.16. The van der Waals surface area contributed by atoms with Gasteiger partial charge in [-0.15, -0.1) is 11.6 Å². The van der Waals surface area contributed by atoms with Gasteiger partial charge in [-0.05, 0) is 38.8 Å². The molecule has 0 N–H and O–H groups in total. The standard InChI is InChI=1S/C15H23ClO4/c1-11(2)20-14(17)15(6-5-7-16)9-12(18-3)8-13(10-15)19-4/h9-11H,5-8H2,1-4H3. The molecule has 1 rings (SSSR count). The predicted molar refractivity (Wildman–Crippen MR) is 78.4 cm³/mol. The highest BCUT2D eigenvalue weighted by Crippen LogP contribution is 2.38. The average Bonchev–Trinajstić information content (AvgIpc) is 2.43. The minimum atomic E-state index is -0.853. The van der Waals surface area contributed by atoms with Gasteiger partial charge in [0.2, 0.25) is 0 Å². The van der Waals surface area contributed by atoms with Gasteiger partial charge in [0.25, 0.3) is 0 Å². The van der Waals surface area contributed by atoms with Crippen LogP contribution in [0.1, 0.15) is 33.1 Å². The molecule has 0 saturated carbocycles. The zero-order chi connectivity index (χ0) is 15.2. The lowest BCUT2D eigenvalue weighted by Gasteiger charge is -2.31. The van der Waals surface area contributed by atoms with Crippen molar-refractivity contribution in [3.8, 4) is 0 Å². The summed E-state index contributed by atoms with van der Waals surface area (Å²) in [4.78, 5) is 12.5. The van der Waals surface area contributed by atoms with Gasteiger partial charge in [0.15, 0.2) is 0 Å². The van der Waals surface area contributed by atoms with E-state index in [9.17, 15) is 4.79 Å². The van der Waals surface area contributed by atoms with Gasteiger partial charge in [-0.2, -0.15) is 0 Å². The van der Waals surface area contributed by atoms with Crippen LogP contribution in [0, 0.1) is 5.41 Å². The van der Waals surface area contributed by atoms with Gasteiger partial charge in [0.1, 0.15) is 16.9 Å². The second-order valence-electron chi connectivity index (χ2n) is 5.09. The Bertz CT molecular complexity index is 379. The molecule has 0 aliphatic heterocycles. The van der Waals surface area contributed by atoms with Crippen molar-refractivity contribution >= 4 is 17.6 Å². The average molecular weight is 303 g/mol. The van der Waals surface area contributed by atoms with Crippen molar-refractivity contribution in [1.29, 1.82) is 0 Å². The van der Waals surface area contributed by atoms with E-state index in [1.807, 2.05) is 26.0 Å². The summed E-state index contributed by atoms with van der Waals surface area (Å²) in [6, 6.07) is 0. The maximum atomic E-state index is 12.5. The Balaban J connectivity index is 3.13. The molecule has 1 aliphatic carbocycles. The van der Waals surface area contributed by atoms with E-state index in [4.69, 9.17) is 25.8 Å². The van der Waals surface area contributed by atoms with Crippen molar-refractivity contribution in [2.24, 2.45) is 5.41 Å². The number of hydrogen-bond donors (Lipinski definition) is 0. The van der Waals surface area contributed by atoms with E-state index < -0.39 is 5.41 Å². The predicted octanol–water partition coefficient (Wildman–Crippen LogP) is 3.41. The first-order chi connectivity index (χ1) is 9.47. The monoisotopic (exact) mass is 302 g/mol. The second-order valence-corrected chi connectivity index (χ2v) is 5.47. The van der Waals surface area contributed by atoms with Gasteiger partial charge in [0.05, 0.1) is 26.7 Å². The number of carbonyl (C=O) groups is 1. The third kappa shape index (κ3) is 4.17. The van der Waals surface area contributed by atoms with Gasteiger partial charge in [-0.3, -0.25) is 4.79 Å². The Labute approximate surface area is 125 Å². The quantitative estimate of drug-likeness (QED) is 0.534. The van der Waals surface area contributed by atoms with Crippen molar-refractivity contribution < 1.29 is 19.0 Å². The summed E-state index contributed by atoms with van der Waals surface area (Å²) in [6.45, 7) is 3.66. The lowest BCUT2D eigenvalue weighted by molar-refractivity contribution is -0.155. The van der Waals surface area contributed by atoms with Gasteiger partial charge in [-0.1, -0.05) is 0 Å². The van der Waals surface area contributed by atoms with Gasteiger partial charge < -0.3 is 14.2 Å². The van der Waals surface area contributed by atoms with Crippen LogP contribution in [0.4, 0.5) is 0 Å². The molecule has 0 aromatic heterocycles. The normalized spacial score (nSPS) is 17.3. The fourth-order valence-corrected chi connectivity index (χ4v) is 2.33. The molecule has 0 fully saturated rings. The Hall–Kier alpha value is -1.16. The maximum absolute atomic E-state index is 12.5. The highest BCUT2D eigenvalue weighted by Gasteiger charge is 2.40. The van der Waals surface area contributed by atoms with Crippen LogP contribution in [-0.2, 0) is 19.0 Å². The summed E-state index contributed by atoms with van der Waals surface area (Å²) in [5.74, 6) is 1.61. The molecule has 0 saturated heterocycles. The van der Waals surface area contributed by atoms with Crippen LogP contribution in [0.15, 0.2) is 23.7 Å². The van der Waals surface area contributed by atoms with Crippen molar-refractivity contribution in [2.45, 2.75) is 39.2 Å². The van der Waals surface area contributed by atoms with Crippen molar-refractivity contribution in [3.63, 3.8) is 0 Å². The Kier molecular flexibility index (Phi) is 6.40. The largest absolute Gasteiger partial charge is 0.501 e. The third-order valence-corrected chi connectivity index (χ3v) is 3.42. The zero-order valence-corrected chi connectivity index (χ0v) is 13.3. The second kappa shape index (κ2) is 7.58. The number of alkyl halides is 1. The van der Waals surface area contributed by atoms with E-state index in [2.05, 4.69) is 0 Å². The molecule has 20 heavy (non-hydrogen) atoms. The number of methoxy groups -OCH3 is 2. The van der Waals surface area contributed by atoms with Crippen LogP contribution >= 0.6 is 11.6 Å². The van der Waals surface area contributed by atoms with Crippen LogP contribution in [0.25, 0.3) is 0 Å². The molecule has 0 spiro atoms. The first-order valence-electron chi connectivity index (χ1n) is 6.76. The van der Waals surface area contributed by atoms with Gasteiger partial charge in [-0.25, -0.2) is 0 Å². The lowest BCUT2D eigenvalue weighted by Crippen LogP contribution is -2.34. The Morgan fingerprint density at radius 2 is 1.85 bits per heavy atom. The molecule has 0 aromatic carbocycles.